The minimum absolute atomic E-state index is 0.553. The lowest BCUT2D eigenvalue weighted by molar-refractivity contribution is 0.436. The highest BCUT2D eigenvalue weighted by molar-refractivity contribution is 7.25. The summed E-state index contributed by atoms with van der Waals surface area (Å²) in [6.45, 7) is 0. The Morgan fingerprint density at radius 3 is 1.13 bits per heavy atom. The minimum atomic E-state index is -0.688. The number of hydrogen-bond acceptors (Lipinski definition) is 8. The first-order chi connectivity index (χ1) is 53.0. The zero-order valence-corrected chi connectivity index (χ0v) is 58.3. The Balaban J connectivity index is 0.655. The van der Waals surface area contributed by atoms with Gasteiger partial charge in [0, 0.05) is 76.4 Å². The monoisotopic (exact) mass is 1380 g/mol. The summed E-state index contributed by atoms with van der Waals surface area (Å²) in [4.78, 5) is 26.0. The number of nitrogens with zero attached hydrogens (tertiary/aromatic N) is 5. The van der Waals surface area contributed by atoms with E-state index in [1.54, 1.807) is 6.20 Å². The van der Waals surface area contributed by atoms with Crippen molar-refractivity contribution in [2.24, 2.45) is 0 Å². The molecule has 0 saturated heterocycles. The summed E-state index contributed by atoms with van der Waals surface area (Å²) in [5, 5.41) is 2.49. The Labute approximate surface area is 621 Å². The molecular weight excluding hydrogens is 1320 g/mol. The van der Waals surface area contributed by atoms with Crippen LogP contribution in [0.3, 0.4) is 0 Å². The third kappa shape index (κ3) is 9.42. The number of rotatable bonds is 9. The van der Waals surface area contributed by atoms with Crippen LogP contribution in [0.1, 0.15) is 44.5 Å². The Morgan fingerprint density at radius 1 is 0.215 bits per heavy atom. The Bertz CT molecular complexity index is 6590. The number of aromatic nitrogens is 5. The van der Waals surface area contributed by atoms with Crippen LogP contribution in [0.25, 0.3) is 144 Å². The molecule has 14 aromatic carbocycles. The molecule has 0 N–H and O–H groups in total. The van der Waals surface area contributed by atoms with Crippen LogP contribution >= 0.6 is 11.3 Å². The van der Waals surface area contributed by atoms with E-state index in [1.807, 2.05) is 65.9 Å². The smallest absolute Gasteiger partial charge is 0.160 e. The van der Waals surface area contributed by atoms with Gasteiger partial charge >= 0.3 is 0 Å². The first-order valence-electron chi connectivity index (χ1n) is 36.2. The number of hydrogen-bond donors (Lipinski definition) is 0. The summed E-state index contributed by atoms with van der Waals surface area (Å²) in [6, 6.07) is 126. The quantitative estimate of drug-likeness (QED) is 0.142. The number of thiophene rings is 1. The summed E-state index contributed by atoms with van der Waals surface area (Å²) in [5.41, 5.74) is 28.0. The van der Waals surface area contributed by atoms with Crippen LogP contribution in [-0.2, 0) is 10.8 Å². The molecule has 4 aromatic heterocycles. The molecular formula is C99H59N5O2S. The largest absolute Gasteiger partial charge is 0.457 e. The maximum atomic E-state index is 7.43. The van der Waals surface area contributed by atoms with Crippen molar-refractivity contribution in [3.8, 4) is 147 Å². The fourth-order valence-corrected chi connectivity index (χ4v) is 18.7. The number of fused-ring (bicyclic) bond motifs is 21. The number of benzene rings is 14. The second-order valence-electron chi connectivity index (χ2n) is 28.1. The first kappa shape index (κ1) is 60.8. The molecule has 22 rings (SSSR count). The van der Waals surface area contributed by atoms with E-state index in [0.29, 0.717) is 11.6 Å². The van der Waals surface area contributed by atoms with Gasteiger partial charge in [-0.2, -0.15) is 0 Å². The second kappa shape index (κ2) is 23.9. The molecule has 0 saturated carbocycles. The van der Waals surface area contributed by atoms with Crippen LogP contribution in [0, 0.1) is 0 Å². The molecule has 498 valence electrons. The van der Waals surface area contributed by atoms with E-state index in [-0.39, 0.29) is 0 Å². The van der Waals surface area contributed by atoms with Gasteiger partial charge in [-0.1, -0.05) is 273 Å². The van der Waals surface area contributed by atoms with E-state index >= 15 is 0 Å². The van der Waals surface area contributed by atoms with Gasteiger partial charge in [0.2, 0.25) is 0 Å². The molecule has 8 heteroatoms. The Kier molecular flexibility index (Phi) is 13.6. The van der Waals surface area contributed by atoms with E-state index in [4.69, 9.17) is 34.4 Å². The molecule has 0 fully saturated rings. The van der Waals surface area contributed by atoms with Crippen molar-refractivity contribution in [2.45, 2.75) is 10.8 Å². The molecule has 2 aliphatic carbocycles. The summed E-state index contributed by atoms with van der Waals surface area (Å²) in [7, 11) is 0. The number of para-hydroxylation sites is 1. The van der Waals surface area contributed by atoms with Gasteiger partial charge < -0.3 is 9.47 Å². The summed E-state index contributed by atoms with van der Waals surface area (Å²) in [5.74, 6) is 4.53. The van der Waals surface area contributed by atoms with Gasteiger partial charge in [0.25, 0.3) is 0 Å². The zero-order chi connectivity index (χ0) is 70.3. The van der Waals surface area contributed by atoms with Gasteiger partial charge in [-0.3, -0.25) is 4.98 Å². The third-order valence-corrected chi connectivity index (χ3v) is 23.4. The molecule has 2 aliphatic heterocycles. The third-order valence-electron chi connectivity index (χ3n) is 22.3. The molecule has 18 aromatic rings. The summed E-state index contributed by atoms with van der Waals surface area (Å²) < 4.78 is 16.9. The average molecular weight is 1380 g/mol. The highest BCUT2D eigenvalue weighted by Crippen LogP contribution is 2.65. The van der Waals surface area contributed by atoms with E-state index in [0.717, 1.165) is 135 Å². The molecule has 0 unspecified atom stereocenters. The van der Waals surface area contributed by atoms with E-state index < -0.39 is 10.8 Å². The molecule has 0 atom stereocenters. The van der Waals surface area contributed by atoms with Crippen LogP contribution in [-0.4, -0.2) is 24.9 Å². The van der Waals surface area contributed by atoms with Crippen LogP contribution < -0.4 is 9.47 Å². The van der Waals surface area contributed by atoms with E-state index in [1.165, 1.54) is 64.7 Å². The SMILES string of the molecule is c1ccc(-c2nc(-c3cccc(-c4ccc5c(c4)Oc4cc(-c6cccc(-c7nc(-c8cccc(-c9ccc%10c(c9)Oc9ccccc9C%109c%10ccccc%10-c%10ccccc%109)c8)cc(-c8ccc9c(c8)sc8ccccc89)n7)c6)ccc4C54c5ccccc5-c5ccccc54)c3)cc(-c3ccccn3)n2)cc1. The first-order valence-corrected chi connectivity index (χ1v) is 37.0. The maximum Gasteiger partial charge on any atom is 0.160 e. The molecule has 6 heterocycles. The molecule has 0 bridgehead atoms. The van der Waals surface area contributed by atoms with Crippen LogP contribution in [0.4, 0.5) is 0 Å². The lowest BCUT2D eigenvalue weighted by Gasteiger charge is -2.39. The highest BCUT2D eigenvalue weighted by Gasteiger charge is 2.53. The fourth-order valence-electron chi connectivity index (χ4n) is 17.6. The molecule has 0 amide bonds. The Hall–Kier alpha value is -13.8. The molecule has 2 spiro atoms. The normalized spacial score (nSPS) is 13.3. The predicted molar refractivity (Wildman–Crippen MR) is 432 cm³/mol. The summed E-state index contributed by atoms with van der Waals surface area (Å²) in [6.07, 6.45) is 1.80. The van der Waals surface area contributed by atoms with Crippen molar-refractivity contribution in [2.75, 3.05) is 0 Å². The van der Waals surface area contributed by atoms with Crippen molar-refractivity contribution in [1.82, 2.24) is 24.9 Å². The molecule has 107 heavy (non-hydrogen) atoms. The van der Waals surface area contributed by atoms with E-state index in [9.17, 15) is 0 Å². The Morgan fingerprint density at radius 2 is 0.589 bits per heavy atom. The van der Waals surface area contributed by atoms with E-state index in [2.05, 4.69) is 297 Å². The molecule has 0 radical (unpaired) electrons. The lowest BCUT2D eigenvalue weighted by atomic mass is 9.65. The predicted octanol–water partition coefficient (Wildman–Crippen LogP) is 25.0. The average Bonchev–Trinajstić information content (AvgIpc) is 1.56. The topological polar surface area (TPSA) is 82.9 Å². The minimum Gasteiger partial charge on any atom is -0.457 e. The van der Waals surface area contributed by atoms with Gasteiger partial charge in [0.1, 0.15) is 23.0 Å². The van der Waals surface area contributed by atoms with Crippen LogP contribution in [0.2, 0.25) is 0 Å². The van der Waals surface area contributed by atoms with Gasteiger partial charge in [-0.25, -0.2) is 19.9 Å². The van der Waals surface area contributed by atoms with Gasteiger partial charge in [0.15, 0.2) is 11.6 Å². The summed E-state index contributed by atoms with van der Waals surface area (Å²) >= 11 is 1.81. The van der Waals surface area contributed by atoms with Crippen molar-refractivity contribution in [1.29, 1.82) is 0 Å². The standard InChI is InChI=1S/C99H59N5O2S/c1-2-21-60(22-3-1)96-101-88(59-89(104-96)85-39-16-17-50-100-85)68-27-19-24-62(52-68)65-44-48-83-92(55-65)106-93-56-66(45-49-84(93)99(83)79-36-11-6-31-73(79)74-32-7-12-37-80(74)99)63-25-20-28-70(53-63)97-102-86(58-87(103-97)69-42-46-76-75-33-8-15-41-94(75)107-95(76)57-69)67-26-18-23-61(51-67)64-43-47-82-91(54-64)105-90-40-14-13-38-81(90)98(82)77-34-9-4-29-71(77)72-30-5-10-35-78(72)98/h1-59H. The van der Waals surface area contributed by atoms with Gasteiger partial charge in [-0.15, -0.1) is 11.3 Å². The van der Waals surface area contributed by atoms with Crippen molar-refractivity contribution < 1.29 is 9.47 Å². The van der Waals surface area contributed by atoms with Crippen molar-refractivity contribution >= 4 is 31.5 Å². The van der Waals surface area contributed by atoms with Gasteiger partial charge in [-0.05, 0) is 157 Å². The number of pyridine rings is 1. The maximum absolute atomic E-state index is 7.43. The number of ether oxygens (including phenoxy) is 2. The second-order valence-corrected chi connectivity index (χ2v) is 29.2. The fraction of sp³-hybridized carbons (Fsp3) is 0.0202. The van der Waals surface area contributed by atoms with Crippen molar-refractivity contribution in [3.05, 3.63) is 403 Å². The zero-order valence-electron chi connectivity index (χ0n) is 57.5. The molecule has 4 aliphatic rings. The highest BCUT2D eigenvalue weighted by atomic mass is 32.1. The van der Waals surface area contributed by atoms with Crippen LogP contribution in [0.15, 0.2) is 358 Å². The van der Waals surface area contributed by atoms with Gasteiger partial charge in [0.05, 0.1) is 39.3 Å². The van der Waals surface area contributed by atoms with Crippen molar-refractivity contribution in [3.63, 3.8) is 0 Å². The lowest BCUT2D eigenvalue weighted by Crippen LogP contribution is -2.32. The van der Waals surface area contributed by atoms with Crippen LogP contribution in [0.5, 0.6) is 23.0 Å². The molecule has 7 nitrogen and oxygen atoms in total.